The highest BCUT2D eigenvalue weighted by molar-refractivity contribution is 5.67. The van der Waals surface area contributed by atoms with Crippen LogP contribution in [0.4, 0.5) is 4.79 Å². The quantitative estimate of drug-likeness (QED) is 0.871. The fourth-order valence-corrected chi connectivity index (χ4v) is 2.57. The van der Waals surface area contributed by atoms with Gasteiger partial charge in [0.1, 0.15) is 12.4 Å². The number of carbonyl (C=O) groups excluding carboxylic acids is 1. The molecule has 5 heteroatoms. The molecule has 0 bridgehead atoms. The molecule has 1 aliphatic heterocycles. The minimum absolute atomic E-state index is 0.272. The summed E-state index contributed by atoms with van der Waals surface area (Å²) in [6.45, 7) is 4.41. The molecule has 0 unspecified atom stereocenters. The van der Waals surface area contributed by atoms with Crippen LogP contribution in [0.2, 0.25) is 0 Å². The van der Waals surface area contributed by atoms with Gasteiger partial charge in [0.05, 0.1) is 6.54 Å². The third-order valence-electron chi connectivity index (χ3n) is 3.77. The Morgan fingerprint density at radius 2 is 2.10 bits per heavy atom. The monoisotopic (exact) mass is 285 g/mol. The molecule has 0 spiro atoms. The number of amides is 1. The Labute approximate surface area is 124 Å². The molecular formula is C16H19N3O2. The molecule has 0 radical (unpaired) electrons. The van der Waals surface area contributed by atoms with Gasteiger partial charge in [-0.15, -0.1) is 0 Å². The minimum atomic E-state index is -0.272. The standard InChI is InChI=1S/C16H19N3O2/c1-2-14-10-17-15-11-18(8-9-19(14)15)16(20)21-12-13-6-4-3-5-7-13/h3-7,10H,2,8-9,11-12H2,1H3. The van der Waals surface area contributed by atoms with Gasteiger partial charge >= 0.3 is 6.09 Å². The minimum Gasteiger partial charge on any atom is -0.445 e. The zero-order chi connectivity index (χ0) is 14.7. The maximum atomic E-state index is 12.1. The van der Waals surface area contributed by atoms with Crippen LogP contribution in [0, 0.1) is 0 Å². The molecule has 1 aromatic carbocycles. The third-order valence-corrected chi connectivity index (χ3v) is 3.77. The van der Waals surface area contributed by atoms with Crippen molar-refractivity contribution in [2.75, 3.05) is 6.54 Å². The Hall–Kier alpha value is -2.30. The first kappa shape index (κ1) is 13.7. The number of imidazole rings is 1. The van der Waals surface area contributed by atoms with Crippen molar-refractivity contribution in [1.29, 1.82) is 0 Å². The van der Waals surface area contributed by atoms with Crippen molar-refractivity contribution in [2.45, 2.75) is 33.0 Å². The summed E-state index contributed by atoms with van der Waals surface area (Å²) >= 11 is 0. The molecule has 110 valence electrons. The van der Waals surface area contributed by atoms with E-state index in [1.165, 1.54) is 5.69 Å². The first-order valence-corrected chi connectivity index (χ1v) is 7.27. The van der Waals surface area contributed by atoms with Gasteiger partial charge in [-0.2, -0.15) is 0 Å². The molecule has 0 N–H and O–H groups in total. The second kappa shape index (κ2) is 5.99. The number of rotatable bonds is 3. The van der Waals surface area contributed by atoms with E-state index in [2.05, 4.69) is 16.5 Å². The van der Waals surface area contributed by atoms with Gasteiger partial charge < -0.3 is 9.30 Å². The van der Waals surface area contributed by atoms with Gasteiger partial charge in [0.15, 0.2) is 0 Å². The van der Waals surface area contributed by atoms with Crippen LogP contribution in [0.25, 0.3) is 0 Å². The van der Waals surface area contributed by atoms with Crippen LogP contribution in [-0.2, 0) is 30.9 Å². The van der Waals surface area contributed by atoms with Crippen LogP contribution in [0.15, 0.2) is 36.5 Å². The van der Waals surface area contributed by atoms with Gasteiger partial charge in [0.2, 0.25) is 0 Å². The van der Waals surface area contributed by atoms with Crippen LogP contribution < -0.4 is 0 Å². The molecule has 0 saturated carbocycles. The van der Waals surface area contributed by atoms with Crippen LogP contribution in [-0.4, -0.2) is 27.1 Å². The van der Waals surface area contributed by atoms with E-state index in [4.69, 9.17) is 4.74 Å². The van der Waals surface area contributed by atoms with E-state index in [1.807, 2.05) is 36.5 Å². The number of benzene rings is 1. The van der Waals surface area contributed by atoms with Crippen molar-refractivity contribution in [2.24, 2.45) is 0 Å². The summed E-state index contributed by atoms with van der Waals surface area (Å²) in [7, 11) is 0. The fraction of sp³-hybridized carbons (Fsp3) is 0.375. The zero-order valence-electron chi connectivity index (χ0n) is 12.2. The molecule has 0 saturated heterocycles. The Bertz CT molecular complexity index is 622. The van der Waals surface area contributed by atoms with E-state index in [-0.39, 0.29) is 6.09 Å². The van der Waals surface area contributed by atoms with E-state index >= 15 is 0 Å². The molecule has 3 rings (SSSR count). The van der Waals surface area contributed by atoms with Crippen molar-refractivity contribution < 1.29 is 9.53 Å². The Kier molecular flexibility index (Phi) is 3.90. The topological polar surface area (TPSA) is 47.4 Å². The highest BCUT2D eigenvalue weighted by Crippen LogP contribution is 2.16. The maximum absolute atomic E-state index is 12.1. The van der Waals surface area contributed by atoms with Crippen LogP contribution in [0.3, 0.4) is 0 Å². The SMILES string of the molecule is CCc1cnc2n1CCN(C(=O)OCc1ccccc1)C2. The molecule has 21 heavy (non-hydrogen) atoms. The van der Waals surface area contributed by atoms with Crippen molar-refractivity contribution >= 4 is 6.09 Å². The van der Waals surface area contributed by atoms with Crippen LogP contribution >= 0.6 is 0 Å². The van der Waals surface area contributed by atoms with Gasteiger partial charge in [0.25, 0.3) is 0 Å². The molecule has 2 aromatic rings. The predicted octanol–water partition coefficient (Wildman–Crippen LogP) is 2.60. The molecule has 2 heterocycles. The molecule has 0 aliphatic carbocycles. The average molecular weight is 285 g/mol. The fourth-order valence-electron chi connectivity index (χ4n) is 2.57. The first-order chi connectivity index (χ1) is 10.3. The number of hydrogen-bond acceptors (Lipinski definition) is 3. The third kappa shape index (κ3) is 2.91. The molecule has 1 aliphatic rings. The number of nitrogens with zero attached hydrogens (tertiary/aromatic N) is 3. The highest BCUT2D eigenvalue weighted by atomic mass is 16.6. The second-order valence-electron chi connectivity index (χ2n) is 5.13. The van der Waals surface area contributed by atoms with Gasteiger partial charge in [-0.3, -0.25) is 4.90 Å². The van der Waals surface area contributed by atoms with Crippen molar-refractivity contribution in [3.63, 3.8) is 0 Å². The lowest BCUT2D eigenvalue weighted by Gasteiger charge is -2.27. The average Bonchev–Trinajstić information content (AvgIpc) is 2.95. The van der Waals surface area contributed by atoms with Crippen molar-refractivity contribution in [3.8, 4) is 0 Å². The number of aryl methyl sites for hydroxylation is 1. The van der Waals surface area contributed by atoms with Crippen LogP contribution in [0.1, 0.15) is 24.0 Å². The molecule has 1 amide bonds. The summed E-state index contributed by atoms with van der Waals surface area (Å²) in [5.41, 5.74) is 2.22. The van der Waals surface area contributed by atoms with E-state index in [1.54, 1.807) is 4.90 Å². The van der Waals surface area contributed by atoms with E-state index < -0.39 is 0 Å². The second-order valence-corrected chi connectivity index (χ2v) is 5.13. The number of ether oxygens (including phenoxy) is 1. The van der Waals surface area contributed by atoms with E-state index in [0.717, 1.165) is 24.4 Å². The molecular weight excluding hydrogens is 266 g/mol. The van der Waals surface area contributed by atoms with Gasteiger partial charge in [0, 0.05) is 25.0 Å². The van der Waals surface area contributed by atoms with Gasteiger partial charge in [-0.05, 0) is 12.0 Å². The largest absolute Gasteiger partial charge is 0.445 e. The number of aromatic nitrogens is 2. The smallest absolute Gasteiger partial charge is 0.410 e. The summed E-state index contributed by atoms with van der Waals surface area (Å²) < 4.78 is 7.56. The number of hydrogen-bond donors (Lipinski definition) is 0. The molecule has 1 aromatic heterocycles. The van der Waals surface area contributed by atoms with Crippen LogP contribution in [0.5, 0.6) is 0 Å². The molecule has 0 atom stereocenters. The summed E-state index contributed by atoms with van der Waals surface area (Å²) in [6, 6.07) is 9.72. The Morgan fingerprint density at radius 1 is 1.29 bits per heavy atom. The van der Waals surface area contributed by atoms with Crippen molar-refractivity contribution in [1.82, 2.24) is 14.5 Å². The Morgan fingerprint density at radius 3 is 2.86 bits per heavy atom. The lowest BCUT2D eigenvalue weighted by molar-refractivity contribution is 0.0859. The van der Waals surface area contributed by atoms with E-state index in [0.29, 0.717) is 19.7 Å². The lowest BCUT2D eigenvalue weighted by Crippen LogP contribution is -2.39. The summed E-state index contributed by atoms with van der Waals surface area (Å²) in [4.78, 5) is 18.2. The predicted molar refractivity (Wildman–Crippen MR) is 78.6 cm³/mol. The summed E-state index contributed by atoms with van der Waals surface area (Å²) in [5.74, 6) is 0.940. The number of carbonyl (C=O) groups is 1. The molecule has 0 fully saturated rings. The van der Waals surface area contributed by atoms with Crippen molar-refractivity contribution in [3.05, 3.63) is 53.6 Å². The first-order valence-electron chi connectivity index (χ1n) is 7.27. The number of fused-ring (bicyclic) bond motifs is 1. The molecule has 5 nitrogen and oxygen atoms in total. The van der Waals surface area contributed by atoms with Gasteiger partial charge in [-0.25, -0.2) is 9.78 Å². The lowest BCUT2D eigenvalue weighted by atomic mass is 10.2. The summed E-state index contributed by atoms with van der Waals surface area (Å²) in [6.07, 6.45) is 2.59. The van der Waals surface area contributed by atoms with Gasteiger partial charge in [-0.1, -0.05) is 37.3 Å². The zero-order valence-corrected chi connectivity index (χ0v) is 12.2. The normalized spacial score (nSPS) is 13.9. The highest BCUT2D eigenvalue weighted by Gasteiger charge is 2.23. The summed E-state index contributed by atoms with van der Waals surface area (Å²) in [5, 5.41) is 0. The maximum Gasteiger partial charge on any atom is 0.410 e. The Balaban J connectivity index is 1.59. The van der Waals surface area contributed by atoms with E-state index in [9.17, 15) is 4.79 Å².